The summed E-state index contributed by atoms with van der Waals surface area (Å²) in [4.78, 5) is 32.4. The third kappa shape index (κ3) is 4.99. The van der Waals surface area contributed by atoms with Gasteiger partial charge in [-0.1, -0.05) is 49.4 Å². The predicted molar refractivity (Wildman–Crippen MR) is 134 cm³/mol. The van der Waals surface area contributed by atoms with Crippen LogP contribution in [0.1, 0.15) is 49.7 Å². The van der Waals surface area contributed by atoms with Crippen molar-refractivity contribution in [3.63, 3.8) is 0 Å². The van der Waals surface area contributed by atoms with Crippen LogP contribution in [-0.4, -0.2) is 65.8 Å². The van der Waals surface area contributed by atoms with Gasteiger partial charge in [0, 0.05) is 45.1 Å². The smallest absolute Gasteiger partial charge is 0.229 e. The molecule has 0 radical (unpaired) electrons. The zero-order chi connectivity index (χ0) is 24.4. The second-order valence-electron chi connectivity index (χ2n) is 10.6. The van der Waals surface area contributed by atoms with Gasteiger partial charge in [-0.25, -0.2) is 4.39 Å². The van der Waals surface area contributed by atoms with Gasteiger partial charge >= 0.3 is 0 Å². The van der Waals surface area contributed by atoms with Crippen molar-refractivity contribution in [3.05, 3.63) is 71.5 Å². The lowest BCUT2D eigenvalue weighted by molar-refractivity contribution is -0.139. The number of hydrogen-bond acceptors (Lipinski definition) is 3. The van der Waals surface area contributed by atoms with Gasteiger partial charge in [-0.2, -0.15) is 0 Å². The standard InChI is InChI=1S/C29H36FN3O2/c1-2-27(34)33-20-24(26(21-33)23-6-4-3-5-7-23)19-31-15-12-29(13-16-31)14-17-32(28(29)35)18-22-8-10-25(30)11-9-22/h3-11,24,26H,2,12-21H2,1H3/t24-,26?/m0/s1. The van der Waals surface area contributed by atoms with Crippen LogP contribution in [0.4, 0.5) is 4.39 Å². The third-order valence-corrected chi connectivity index (χ3v) is 8.52. The molecule has 5 nitrogen and oxygen atoms in total. The van der Waals surface area contributed by atoms with Gasteiger partial charge in [0.1, 0.15) is 5.82 Å². The van der Waals surface area contributed by atoms with Crippen molar-refractivity contribution in [3.8, 4) is 0 Å². The average Bonchev–Trinajstić information content (AvgIpc) is 3.44. The molecule has 2 aromatic rings. The maximum absolute atomic E-state index is 13.4. The summed E-state index contributed by atoms with van der Waals surface area (Å²) in [7, 11) is 0. The van der Waals surface area contributed by atoms with Crippen LogP contribution in [0, 0.1) is 17.2 Å². The molecular weight excluding hydrogens is 441 g/mol. The van der Waals surface area contributed by atoms with Crippen LogP contribution in [-0.2, 0) is 16.1 Å². The number of nitrogens with zero attached hydrogens (tertiary/aromatic N) is 3. The molecule has 1 spiro atoms. The van der Waals surface area contributed by atoms with Gasteiger partial charge in [-0.05, 0) is 61.5 Å². The number of carbonyl (C=O) groups is 2. The zero-order valence-corrected chi connectivity index (χ0v) is 20.7. The van der Waals surface area contributed by atoms with E-state index in [4.69, 9.17) is 0 Å². The molecule has 3 aliphatic rings. The van der Waals surface area contributed by atoms with Crippen LogP contribution in [0.3, 0.4) is 0 Å². The molecule has 2 aromatic carbocycles. The Hall–Kier alpha value is -2.73. The van der Waals surface area contributed by atoms with E-state index in [1.807, 2.05) is 22.8 Å². The van der Waals surface area contributed by atoms with Gasteiger partial charge in [-0.15, -0.1) is 0 Å². The third-order valence-electron chi connectivity index (χ3n) is 8.52. The molecule has 0 aliphatic carbocycles. The summed E-state index contributed by atoms with van der Waals surface area (Å²) in [6, 6.07) is 17.1. The summed E-state index contributed by atoms with van der Waals surface area (Å²) < 4.78 is 13.2. The summed E-state index contributed by atoms with van der Waals surface area (Å²) >= 11 is 0. The van der Waals surface area contributed by atoms with Crippen molar-refractivity contribution < 1.29 is 14.0 Å². The summed E-state index contributed by atoms with van der Waals surface area (Å²) in [5, 5.41) is 0. The van der Waals surface area contributed by atoms with Crippen molar-refractivity contribution in [2.45, 2.75) is 45.1 Å². The van der Waals surface area contributed by atoms with Crippen LogP contribution in [0.2, 0.25) is 0 Å². The first-order chi connectivity index (χ1) is 17.0. The molecule has 3 fully saturated rings. The van der Waals surface area contributed by atoms with E-state index in [0.717, 1.165) is 64.1 Å². The lowest BCUT2D eigenvalue weighted by atomic mass is 9.76. The first-order valence-electron chi connectivity index (χ1n) is 13.1. The predicted octanol–water partition coefficient (Wildman–Crippen LogP) is 4.29. The van der Waals surface area contributed by atoms with Gasteiger partial charge < -0.3 is 14.7 Å². The summed E-state index contributed by atoms with van der Waals surface area (Å²) in [6.07, 6.45) is 3.25. The lowest BCUT2D eigenvalue weighted by Gasteiger charge is -2.39. The Morgan fingerprint density at radius 2 is 1.66 bits per heavy atom. The van der Waals surface area contributed by atoms with Crippen LogP contribution >= 0.6 is 0 Å². The molecule has 3 heterocycles. The molecule has 2 amide bonds. The van der Waals surface area contributed by atoms with Gasteiger partial charge in [0.25, 0.3) is 0 Å². The number of rotatable bonds is 6. The summed E-state index contributed by atoms with van der Waals surface area (Å²) in [6.45, 7) is 7.72. The molecule has 3 aliphatic heterocycles. The zero-order valence-electron chi connectivity index (χ0n) is 20.7. The van der Waals surface area contributed by atoms with E-state index >= 15 is 0 Å². The maximum atomic E-state index is 13.4. The van der Waals surface area contributed by atoms with Gasteiger partial charge in [0.15, 0.2) is 0 Å². The van der Waals surface area contributed by atoms with E-state index in [2.05, 4.69) is 29.2 Å². The van der Waals surface area contributed by atoms with Crippen molar-refractivity contribution >= 4 is 11.8 Å². The first-order valence-corrected chi connectivity index (χ1v) is 13.1. The van der Waals surface area contributed by atoms with Gasteiger partial charge in [-0.3, -0.25) is 9.59 Å². The van der Waals surface area contributed by atoms with E-state index in [-0.39, 0.29) is 23.0 Å². The van der Waals surface area contributed by atoms with E-state index in [1.165, 1.54) is 17.7 Å². The number of hydrogen-bond donors (Lipinski definition) is 0. The lowest BCUT2D eigenvalue weighted by Crippen LogP contribution is -2.46. The highest BCUT2D eigenvalue weighted by Gasteiger charge is 2.48. The second kappa shape index (κ2) is 10.1. The molecule has 186 valence electrons. The molecule has 0 aromatic heterocycles. The molecule has 35 heavy (non-hydrogen) atoms. The number of halogens is 1. The quantitative estimate of drug-likeness (QED) is 0.623. The second-order valence-corrected chi connectivity index (χ2v) is 10.6. The van der Waals surface area contributed by atoms with Crippen LogP contribution in [0.25, 0.3) is 0 Å². The Balaban J connectivity index is 1.20. The van der Waals surface area contributed by atoms with E-state index in [9.17, 15) is 14.0 Å². The van der Waals surface area contributed by atoms with E-state index < -0.39 is 0 Å². The molecule has 2 atom stereocenters. The van der Waals surface area contributed by atoms with Crippen molar-refractivity contribution in [2.75, 3.05) is 39.3 Å². The number of piperidine rings is 1. The molecule has 0 saturated carbocycles. The van der Waals surface area contributed by atoms with E-state index in [0.29, 0.717) is 24.8 Å². The Morgan fingerprint density at radius 3 is 2.34 bits per heavy atom. The highest BCUT2D eigenvalue weighted by Crippen LogP contribution is 2.43. The minimum atomic E-state index is -0.246. The Labute approximate surface area is 207 Å². The normalized spacial score (nSPS) is 24.5. The molecule has 0 bridgehead atoms. The first kappa shape index (κ1) is 24.0. The fraction of sp³-hybridized carbons (Fsp3) is 0.517. The molecular formula is C29H36FN3O2. The van der Waals surface area contributed by atoms with Crippen molar-refractivity contribution in [1.82, 2.24) is 14.7 Å². The van der Waals surface area contributed by atoms with Crippen molar-refractivity contribution in [2.24, 2.45) is 11.3 Å². The maximum Gasteiger partial charge on any atom is 0.229 e. The van der Waals surface area contributed by atoms with Crippen LogP contribution < -0.4 is 0 Å². The summed E-state index contributed by atoms with van der Waals surface area (Å²) in [5.74, 6) is 1.04. The monoisotopic (exact) mass is 477 g/mol. The SMILES string of the molecule is CCC(=O)N1CC(c2ccccc2)[C@@H](CN2CCC3(CC2)CCN(Cc2ccc(F)cc2)C3=O)C1. The topological polar surface area (TPSA) is 43.9 Å². The molecule has 1 unspecified atom stereocenters. The van der Waals surface area contributed by atoms with Gasteiger partial charge in [0.2, 0.25) is 11.8 Å². The number of carbonyl (C=O) groups excluding carboxylic acids is 2. The number of likely N-dealkylation sites (tertiary alicyclic amines) is 3. The average molecular weight is 478 g/mol. The van der Waals surface area contributed by atoms with Crippen LogP contribution in [0.5, 0.6) is 0 Å². The molecule has 3 saturated heterocycles. The highest BCUT2D eigenvalue weighted by atomic mass is 19.1. The molecule has 0 N–H and O–H groups in total. The largest absolute Gasteiger partial charge is 0.342 e. The highest BCUT2D eigenvalue weighted by molar-refractivity contribution is 5.85. The molecule has 6 heteroatoms. The fourth-order valence-corrected chi connectivity index (χ4v) is 6.37. The Morgan fingerprint density at radius 1 is 0.971 bits per heavy atom. The Bertz CT molecular complexity index is 1030. The fourth-order valence-electron chi connectivity index (χ4n) is 6.37. The Kier molecular flexibility index (Phi) is 6.92. The summed E-state index contributed by atoms with van der Waals surface area (Å²) in [5.41, 5.74) is 2.06. The van der Waals surface area contributed by atoms with Gasteiger partial charge in [0.05, 0.1) is 5.41 Å². The van der Waals surface area contributed by atoms with Crippen molar-refractivity contribution in [1.29, 1.82) is 0 Å². The molecule has 5 rings (SSSR count). The minimum absolute atomic E-state index is 0.240. The number of amides is 2. The van der Waals surface area contributed by atoms with Crippen LogP contribution in [0.15, 0.2) is 54.6 Å². The van der Waals surface area contributed by atoms with E-state index in [1.54, 1.807) is 12.1 Å². The number of benzene rings is 2. The minimum Gasteiger partial charge on any atom is -0.342 e.